The molecule has 0 radical (unpaired) electrons. The average molecular weight is 407 g/mol. The first-order chi connectivity index (χ1) is 13.0. The maximum absolute atomic E-state index is 13.2. The Bertz CT molecular complexity index is 934. The maximum Gasteiger partial charge on any atom is 0.262 e. The van der Waals surface area contributed by atoms with Gasteiger partial charge < -0.3 is 0 Å². The second-order valence-corrected chi connectivity index (χ2v) is 10.1. The molecule has 1 aromatic heterocycles. The minimum absolute atomic E-state index is 0.0664. The van der Waals surface area contributed by atoms with Gasteiger partial charge in [-0.05, 0) is 30.4 Å². The molecule has 0 bridgehead atoms. The van der Waals surface area contributed by atoms with Crippen LogP contribution in [0, 0.1) is 5.92 Å². The molecule has 0 saturated heterocycles. The first-order valence-corrected chi connectivity index (χ1v) is 11.4. The normalized spacial score (nSPS) is 20.9. The van der Waals surface area contributed by atoms with Crippen molar-refractivity contribution < 1.29 is 18.4 Å². The van der Waals surface area contributed by atoms with E-state index in [-0.39, 0.29) is 17.4 Å². The van der Waals surface area contributed by atoms with Crippen LogP contribution in [0.2, 0.25) is 0 Å². The molecule has 8 heteroatoms. The second kappa shape index (κ2) is 7.35. The first kappa shape index (κ1) is 18.6. The van der Waals surface area contributed by atoms with Crippen molar-refractivity contribution in [1.82, 2.24) is 9.79 Å². The number of rotatable bonds is 4. The van der Waals surface area contributed by atoms with Gasteiger partial charge in [0.1, 0.15) is 6.04 Å². The number of fused-ring (bicyclic) bond motifs is 1. The van der Waals surface area contributed by atoms with Crippen LogP contribution in [0.15, 0.2) is 41.3 Å². The number of carbonyl (C=O) groups excluding carboxylic acids is 1. The van der Waals surface area contributed by atoms with Crippen molar-refractivity contribution in [3.63, 3.8) is 0 Å². The predicted molar refractivity (Wildman–Crippen MR) is 103 cm³/mol. The summed E-state index contributed by atoms with van der Waals surface area (Å²) >= 11 is 1.45. The van der Waals surface area contributed by atoms with Gasteiger partial charge in [0.25, 0.3) is 5.91 Å². The molecular formula is C19H22N2O4S2. The van der Waals surface area contributed by atoms with E-state index in [1.165, 1.54) is 15.6 Å². The molecule has 2 aromatic rings. The smallest absolute Gasteiger partial charge is 0.262 e. The third kappa shape index (κ3) is 3.31. The van der Waals surface area contributed by atoms with E-state index in [2.05, 4.69) is 0 Å². The highest BCUT2D eigenvalue weighted by Crippen LogP contribution is 2.43. The molecule has 1 amide bonds. The highest BCUT2D eigenvalue weighted by atomic mass is 32.2. The molecule has 0 spiro atoms. The van der Waals surface area contributed by atoms with Crippen LogP contribution in [0.1, 0.15) is 37.0 Å². The van der Waals surface area contributed by atoms with Gasteiger partial charge in [-0.1, -0.05) is 49.6 Å². The van der Waals surface area contributed by atoms with E-state index in [0.717, 1.165) is 47.4 Å². The monoisotopic (exact) mass is 406 g/mol. The van der Waals surface area contributed by atoms with Crippen LogP contribution < -0.4 is 5.48 Å². The number of carbonyl (C=O) groups is 1. The highest BCUT2D eigenvalue weighted by molar-refractivity contribution is 7.89. The molecule has 6 nitrogen and oxygen atoms in total. The van der Waals surface area contributed by atoms with Crippen LogP contribution in [-0.4, -0.2) is 29.9 Å². The lowest BCUT2D eigenvalue weighted by atomic mass is 9.83. The molecule has 1 aromatic carbocycles. The fraction of sp³-hybridized carbons (Fsp3) is 0.421. The Labute approximate surface area is 162 Å². The molecule has 1 saturated carbocycles. The summed E-state index contributed by atoms with van der Waals surface area (Å²) in [5.74, 6) is -0.702. The Morgan fingerprint density at radius 3 is 2.52 bits per heavy atom. The van der Waals surface area contributed by atoms with Crippen molar-refractivity contribution >= 4 is 27.3 Å². The second-order valence-electron chi connectivity index (χ2n) is 7.13. The molecule has 144 valence electrons. The lowest BCUT2D eigenvalue weighted by molar-refractivity contribution is -0.135. The summed E-state index contributed by atoms with van der Waals surface area (Å²) in [4.78, 5) is 14.3. The topological polar surface area (TPSA) is 86.7 Å². The molecule has 1 atom stereocenters. The zero-order valence-electron chi connectivity index (χ0n) is 14.8. The number of benzene rings is 1. The van der Waals surface area contributed by atoms with Gasteiger partial charge in [0.15, 0.2) is 0 Å². The van der Waals surface area contributed by atoms with Crippen molar-refractivity contribution in [3.05, 3.63) is 41.3 Å². The number of amides is 1. The largest absolute Gasteiger partial charge is 0.289 e. The van der Waals surface area contributed by atoms with Crippen LogP contribution in [0.5, 0.6) is 0 Å². The summed E-state index contributed by atoms with van der Waals surface area (Å²) in [6, 6.07) is 10.5. The van der Waals surface area contributed by atoms with Crippen LogP contribution in [0.3, 0.4) is 0 Å². The summed E-state index contributed by atoms with van der Waals surface area (Å²) in [5, 5.41) is 9.21. The van der Waals surface area contributed by atoms with Crippen molar-refractivity contribution in [3.8, 4) is 10.4 Å². The number of hydrogen-bond donors (Lipinski definition) is 2. The Morgan fingerprint density at radius 1 is 1.19 bits per heavy atom. The maximum atomic E-state index is 13.2. The predicted octanol–water partition coefficient (Wildman–Crippen LogP) is 3.37. The van der Waals surface area contributed by atoms with E-state index in [0.29, 0.717) is 0 Å². The van der Waals surface area contributed by atoms with Crippen molar-refractivity contribution in [1.29, 1.82) is 0 Å². The minimum atomic E-state index is -3.77. The fourth-order valence-electron chi connectivity index (χ4n) is 4.18. The molecule has 1 unspecified atom stereocenters. The van der Waals surface area contributed by atoms with E-state index in [4.69, 9.17) is 0 Å². The number of nitrogens with one attached hydrogen (secondary N) is 1. The van der Waals surface area contributed by atoms with Crippen LogP contribution in [-0.2, 0) is 21.4 Å². The number of nitrogens with zero attached hydrogens (tertiary/aromatic N) is 1. The third-order valence-corrected chi connectivity index (χ3v) is 8.69. The summed E-state index contributed by atoms with van der Waals surface area (Å²) in [6.45, 7) is 0.184. The van der Waals surface area contributed by atoms with Crippen LogP contribution >= 0.6 is 11.3 Å². The van der Waals surface area contributed by atoms with Crippen molar-refractivity contribution in [2.45, 2.75) is 49.6 Å². The number of hydrogen-bond acceptors (Lipinski definition) is 5. The zero-order valence-corrected chi connectivity index (χ0v) is 16.4. The van der Waals surface area contributed by atoms with Crippen molar-refractivity contribution in [2.75, 3.05) is 0 Å². The molecule has 1 aliphatic carbocycles. The Balaban J connectivity index is 1.68. The molecule has 1 fully saturated rings. The van der Waals surface area contributed by atoms with E-state index < -0.39 is 22.0 Å². The number of sulfonamides is 1. The minimum Gasteiger partial charge on any atom is -0.289 e. The number of thiophene rings is 1. The molecule has 27 heavy (non-hydrogen) atoms. The van der Waals surface area contributed by atoms with Gasteiger partial charge in [-0.3, -0.25) is 10.0 Å². The van der Waals surface area contributed by atoms with Gasteiger partial charge >= 0.3 is 0 Å². The van der Waals surface area contributed by atoms with Crippen molar-refractivity contribution in [2.24, 2.45) is 5.92 Å². The molecule has 1 aliphatic heterocycles. The Kier molecular flexibility index (Phi) is 5.07. The molecule has 2 N–H and O–H groups in total. The summed E-state index contributed by atoms with van der Waals surface area (Å²) in [7, 11) is -3.77. The molecular weight excluding hydrogens is 384 g/mol. The Hall–Kier alpha value is -1.74. The van der Waals surface area contributed by atoms with Gasteiger partial charge in [-0.25, -0.2) is 13.9 Å². The highest BCUT2D eigenvalue weighted by Gasteiger charge is 2.46. The van der Waals surface area contributed by atoms with E-state index in [1.807, 2.05) is 30.3 Å². The SMILES string of the molecule is O=C(NO)C(C1CCCCC1)N1Cc2sc(-c3ccccc3)cc2S1(=O)=O. The summed E-state index contributed by atoms with van der Waals surface area (Å²) < 4.78 is 27.7. The van der Waals surface area contributed by atoms with E-state index >= 15 is 0 Å². The zero-order chi connectivity index (χ0) is 19.0. The summed E-state index contributed by atoms with van der Waals surface area (Å²) in [5.41, 5.74) is 2.67. The first-order valence-electron chi connectivity index (χ1n) is 9.16. The van der Waals surface area contributed by atoms with Gasteiger partial charge in [0.2, 0.25) is 10.0 Å². The van der Waals surface area contributed by atoms with Gasteiger partial charge in [0, 0.05) is 9.75 Å². The molecule has 4 rings (SSSR count). The van der Waals surface area contributed by atoms with E-state index in [9.17, 15) is 18.4 Å². The average Bonchev–Trinajstić information content (AvgIpc) is 3.22. The summed E-state index contributed by atoms with van der Waals surface area (Å²) in [6.07, 6.45) is 4.66. The fourth-order valence-corrected chi connectivity index (χ4v) is 7.58. The van der Waals surface area contributed by atoms with Crippen LogP contribution in [0.4, 0.5) is 0 Å². The van der Waals surface area contributed by atoms with Crippen LogP contribution in [0.25, 0.3) is 10.4 Å². The lowest BCUT2D eigenvalue weighted by Gasteiger charge is -2.33. The van der Waals surface area contributed by atoms with Gasteiger partial charge in [-0.2, -0.15) is 4.31 Å². The quantitative estimate of drug-likeness (QED) is 0.602. The van der Waals surface area contributed by atoms with Gasteiger partial charge in [-0.15, -0.1) is 11.3 Å². The van der Waals surface area contributed by atoms with E-state index in [1.54, 1.807) is 11.5 Å². The Morgan fingerprint density at radius 2 is 1.89 bits per heavy atom. The molecule has 2 aliphatic rings. The standard InChI is InChI=1S/C19H22N2O4S2/c22-19(20-23)18(14-9-5-2-6-10-14)21-12-16-17(27(21,24)25)11-15(26-16)13-7-3-1-4-8-13/h1,3-4,7-8,11,14,18,23H,2,5-6,9-10,12H2,(H,20,22). The lowest BCUT2D eigenvalue weighted by Crippen LogP contribution is -2.51. The van der Waals surface area contributed by atoms with Gasteiger partial charge in [0.05, 0.1) is 11.4 Å². The third-order valence-electron chi connectivity index (χ3n) is 5.50. The number of hydroxylamine groups is 1. The molecule has 2 heterocycles.